The third kappa shape index (κ3) is 1.00. The Hall–Kier alpha value is -1.32. The summed E-state index contributed by atoms with van der Waals surface area (Å²) in [6.07, 6.45) is 1.58. The summed E-state index contributed by atoms with van der Waals surface area (Å²) in [6.45, 7) is 1.79. The highest BCUT2D eigenvalue weighted by Crippen LogP contribution is 2.02. The van der Waals surface area contributed by atoms with Gasteiger partial charge < -0.3 is 4.74 Å². The van der Waals surface area contributed by atoms with E-state index in [1.807, 2.05) is 0 Å². The lowest BCUT2D eigenvalue weighted by molar-refractivity contribution is 0.0593. The van der Waals surface area contributed by atoms with Crippen LogP contribution in [0.1, 0.15) is 16.1 Å². The number of esters is 1. The van der Waals surface area contributed by atoms with Crippen LogP contribution >= 0.6 is 0 Å². The number of carbonyl (C=O) groups is 1. The summed E-state index contributed by atoms with van der Waals surface area (Å²) in [4.78, 5) is 10.8. The number of hydrogen-bond donors (Lipinski definition) is 1. The Morgan fingerprint density at radius 1 is 1.80 bits per heavy atom. The molecule has 0 aliphatic rings. The van der Waals surface area contributed by atoms with Gasteiger partial charge >= 0.3 is 5.97 Å². The summed E-state index contributed by atoms with van der Waals surface area (Å²) >= 11 is 0. The second-order valence-electron chi connectivity index (χ2n) is 1.92. The van der Waals surface area contributed by atoms with E-state index >= 15 is 0 Å². The summed E-state index contributed by atoms with van der Waals surface area (Å²) in [5.41, 5.74) is 1.22. The van der Waals surface area contributed by atoms with Crippen LogP contribution in [0.2, 0.25) is 0 Å². The molecule has 10 heavy (non-hydrogen) atoms. The van der Waals surface area contributed by atoms with Crippen molar-refractivity contribution in [1.82, 2.24) is 10.2 Å². The normalized spacial score (nSPS) is 9.40. The zero-order valence-corrected chi connectivity index (χ0v) is 5.84. The van der Waals surface area contributed by atoms with Crippen molar-refractivity contribution in [2.45, 2.75) is 6.92 Å². The first-order valence-electron chi connectivity index (χ1n) is 2.84. The van der Waals surface area contributed by atoms with Gasteiger partial charge in [0.25, 0.3) is 0 Å². The van der Waals surface area contributed by atoms with Gasteiger partial charge in [0.1, 0.15) is 5.69 Å². The molecule has 0 saturated heterocycles. The molecule has 0 fully saturated rings. The second kappa shape index (κ2) is 2.51. The summed E-state index contributed by atoms with van der Waals surface area (Å²) in [5.74, 6) is -0.380. The molecular formula is C6H8N2O2. The predicted octanol–water partition coefficient (Wildman–Crippen LogP) is 0.505. The number of aromatic amines is 1. The van der Waals surface area contributed by atoms with Crippen LogP contribution in [0.25, 0.3) is 0 Å². The topological polar surface area (TPSA) is 55.0 Å². The van der Waals surface area contributed by atoms with Crippen LogP contribution in [0.3, 0.4) is 0 Å². The number of ether oxygens (including phenoxy) is 1. The lowest BCUT2D eigenvalue weighted by Crippen LogP contribution is -2.03. The van der Waals surface area contributed by atoms with E-state index in [0.717, 1.165) is 5.56 Å². The zero-order valence-electron chi connectivity index (χ0n) is 5.84. The van der Waals surface area contributed by atoms with Crippen LogP contribution in [-0.4, -0.2) is 23.3 Å². The van der Waals surface area contributed by atoms with Crippen molar-refractivity contribution in [3.63, 3.8) is 0 Å². The van der Waals surface area contributed by atoms with Gasteiger partial charge in [-0.25, -0.2) is 4.79 Å². The fourth-order valence-electron chi connectivity index (χ4n) is 0.655. The van der Waals surface area contributed by atoms with E-state index in [1.54, 1.807) is 13.1 Å². The fourth-order valence-corrected chi connectivity index (χ4v) is 0.655. The Morgan fingerprint density at radius 2 is 2.50 bits per heavy atom. The van der Waals surface area contributed by atoms with E-state index in [0.29, 0.717) is 5.69 Å². The van der Waals surface area contributed by atoms with Gasteiger partial charge in [-0.2, -0.15) is 5.10 Å². The number of rotatable bonds is 1. The standard InChI is InChI=1S/C6H8N2O2/c1-4-3-7-8-5(4)6(9)10-2/h3H,1-2H3,(H,7,8). The van der Waals surface area contributed by atoms with Gasteiger partial charge in [-0.05, 0) is 6.92 Å². The van der Waals surface area contributed by atoms with Crippen LogP contribution in [0, 0.1) is 6.92 Å². The third-order valence-electron chi connectivity index (χ3n) is 1.22. The average molecular weight is 140 g/mol. The molecule has 0 saturated carbocycles. The Morgan fingerprint density at radius 3 is 2.90 bits per heavy atom. The number of methoxy groups -OCH3 is 1. The van der Waals surface area contributed by atoms with Gasteiger partial charge in [0, 0.05) is 5.56 Å². The minimum atomic E-state index is -0.380. The van der Waals surface area contributed by atoms with Crippen LogP contribution in [0.4, 0.5) is 0 Å². The van der Waals surface area contributed by atoms with Crippen molar-refractivity contribution in [3.8, 4) is 0 Å². The molecule has 1 N–H and O–H groups in total. The SMILES string of the molecule is COC(=O)c1[nH]ncc1C. The van der Waals surface area contributed by atoms with Gasteiger partial charge in [-0.1, -0.05) is 0 Å². The van der Waals surface area contributed by atoms with E-state index in [4.69, 9.17) is 0 Å². The molecule has 0 unspecified atom stereocenters. The van der Waals surface area contributed by atoms with Gasteiger partial charge in [0.05, 0.1) is 13.3 Å². The highest BCUT2D eigenvalue weighted by Gasteiger charge is 2.09. The number of aryl methyl sites for hydroxylation is 1. The van der Waals surface area contributed by atoms with Gasteiger partial charge in [0.2, 0.25) is 0 Å². The first-order valence-corrected chi connectivity index (χ1v) is 2.84. The Kier molecular flexibility index (Phi) is 1.71. The number of carbonyl (C=O) groups excluding carboxylic acids is 1. The van der Waals surface area contributed by atoms with Crippen molar-refractivity contribution in [2.24, 2.45) is 0 Å². The minimum absolute atomic E-state index is 0.380. The van der Waals surface area contributed by atoms with E-state index in [1.165, 1.54) is 7.11 Å². The third-order valence-corrected chi connectivity index (χ3v) is 1.22. The number of nitrogens with zero attached hydrogens (tertiary/aromatic N) is 1. The number of aromatic nitrogens is 2. The molecule has 1 aromatic heterocycles. The fraction of sp³-hybridized carbons (Fsp3) is 0.333. The van der Waals surface area contributed by atoms with Crippen molar-refractivity contribution < 1.29 is 9.53 Å². The summed E-state index contributed by atoms with van der Waals surface area (Å²) in [6, 6.07) is 0. The maximum atomic E-state index is 10.8. The average Bonchev–Trinajstić information content (AvgIpc) is 2.34. The van der Waals surface area contributed by atoms with Crippen LogP contribution < -0.4 is 0 Å². The molecule has 0 bridgehead atoms. The first-order chi connectivity index (χ1) is 4.75. The van der Waals surface area contributed by atoms with Crippen LogP contribution in [0.5, 0.6) is 0 Å². The molecule has 1 rings (SSSR count). The van der Waals surface area contributed by atoms with Gasteiger partial charge in [-0.3, -0.25) is 5.10 Å². The van der Waals surface area contributed by atoms with Gasteiger partial charge in [0.15, 0.2) is 0 Å². The molecule has 0 aliphatic heterocycles. The number of hydrogen-bond acceptors (Lipinski definition) is 3. The van der Waals surface area contributed by atoms with Crippen molar-refractivity contribution in [2.75, 3.05) is 7.11 Å². The zero-order chi connectivity index (χ0) is 7.56. The molecule has 4 nitrogen and oxygen atoms in total. The molecule has 0 radical (unpaired) electrons. The lowest BCUT2D eigenvalue weighted by Gasteiger charge is -1.93. The van der Waals surface area contributed by atoms with E-state index in [-0.39, 0.29) is 5.97 Å². The summed E-state index contributed by atoms with van der Waals surface area (Å²) in [5, 5.41) is 6.20. The number of H-pyrrole nitrogens is 1. The summed E-state index contributed by atoms with van der Waals surface area (Å²) in [7, 11) is 1.34. The van der Waals surface area contributed by atoms with Crippen molar-refractivity contribution in [1.29, 1.82) is 0 Å². The second-order valence-corrected chi connectivity index (χ2v) is 1.92. The molecule has 1 heterocycles. The molecule has 1 aromatic rings. The Bertz CT molecular complexity index is 242. The molecule has 0 amide bonds. The highest BCUT2D eigenvalue weighted by molar-refractivity contribution is 5.88. The predicted molar refractivity (Wildman–Crippen MR) is 34.7 cm³/mol. The summed E-state index contributed by atoms with van der Waals surface area (Å²) < 4.78 is 4.47. The van der Waals surface area contributed by atoms with Crippen molar-refractivity contribution in [3.05, 3.63) is 17.5 Å². The molecule has 54 valence electrons. The van der Waals surface area contributed by atoms with Crippen molar-refractivity contribution >= 4 is 5.97 Å². The van der Waals surface area contributed by atoms with Crippen LogP contribution in [-0.2, 0) is 4.74 Å². The molecule has 0 spiro atoms. The Balaban J connectivity index is 2.93. The first kappa shape index (κ1) is 6.80. The van der Waals surface area contributed by atoms with E-state index < -0.39 is 0 Å². The highest BCUT2D eigenvalue weighted by atomic mass is 16.5. The van der Waals surface area contributed by atoms with Gasteiger partial charge in [-0.15, -0.1) is 0 Å². The van der Waals surface area contributed by atoms with E-state index in [9.17, 15) is 4.79 Å². The maximum absolute atomic E-state index is 10.8. The lowest BCUT2D eigenvalue weighted by atomic mass is 10.3. The quantitative estimate of drug-likeness (QED) is 0.578. The van der Waals surface area contributed by atoms with E-state index in [2.05, 4.69) is 14.9 Å². The smallest absolute Gasteiger partial charge is 0.356 e. The minimum Gasteiger partial charge on any atom is -0.464 e. The molecular weight excluding hydrogens is 132 g/mol. The molecule has 0 aromatic carbocycles. The molecule has 0 atom stereocenters. The Labute approximate surface area is 58.2 Å². The number of nitrogens with one attached hydrogen (secondary N) is 1. The molecule has 4 heteroatoms. The monoisotopic (exact) mass is 140 g/mol. The maximum Gasteiger partial charge on any atom is 0.356 e. The van der Waals surface area contributed by atoms with Crippen LogP contribution in [0.15, 0.2) is 6.20 Å². The molecule has 0 aliphatic carbocycles. The largest absolute Gasteiger partial charge is 0.464 e.